The summed E-state index contributed by atoms with van der Waals surface area (Å²) >= 11 is 1.45. The summed E-state index contributed by atoms with van der Waals surface area (Å²) in [6, 6.07) is 7.21. The Labute approximate surface area is 178 Å². The number of carbonyl (C=O) groups excluding carboxylic acids is 1. The maximum absolute atomic E-state index is 14.5. The Bertz CT molecular complexity index is 1060. The number of fused-ring (bicyclic) bond motifs is 1. The molecule has 2 N–H and O–H groups in total. The van der Waals surface area contributed by atoms with Crippen LogP contribution < -0.4 is 10.2 Å². The predicted octanol–water partition coefficient (Wildman–Crippen LogP) is 3.42. The average molecular weight is 430 g/mol. The molecule has 2 amide bonds. The molecule has 158 valence electrons. The van der Waals surface area contributed by atoms with Gasteiger partial charge in [0.05, 0.1) is 16.3 Å². The van der Waals surface area contributed by atoms with Crippen molar-refractivity contribution in [3.8, 4) is 0 Å². The van der Waals surface area contributed by atoms with Gasteiger partial charge < -0.3 is 14.9 Å². The van der Waals surface area contributed by atoms with Crippen molar-refractivity contribution < 1.29 is 14.3 Å². The quantitative estimate of drug-likeness (QED) is 0.664. The smallest absolute Gasteiger partial charge is 0.323 e. The molecule has 1 saturated heterocycles. The molecule has 1 atom stereocenters. The summed E-state index contributed by atoms with van der Waals surface area (Å²) < 4.78 is 15.5. The van der Waals surface area contributed by atoms with Crippen molar-refractivity contribution in [3.05, 3.63) is 47.4 Å². The molecule has 0 bridgehead atoms. The van der Waals surface area contributed by atoms with Crippen molar-refractivity contribution in [2.24, 2.45) is 0 Å². The van der Waals surface area contributed by atoms with Gasteiger partial charge in [0, 0.05) is 32.4 Å². The molecule has 9 heteroatoms. The van der Waals surface area contributed by atoms with Gasteiger partial charge in [0.25, 0.3) is 0 Å². The SMILES string of the molecule is Cc1ccc2nc(NC(=O)N3CCN(c4ncc(CC(C)O)cc4F)CC3)sc2c1. The Kier molecular flexibility index (Phi) is 5.83. The topological polar surface area (TPSA) is 81.6 Å². The molecule has 1 aromatic carbocycles. The normalized spacial score (nSPS) is 15.5. The number of nitrogens with zero attached hydrogens (tertiary/aromatic N) is 4. The first kappa shape index (κ1) is 20.5. The van der Waals surface area contributed by atoms with Gasteiger partial charge in [-0.25, -0.2) is 19.2 Å². The number of aliphatic hydroxyl groups excluding tert-OH is 1. The van der Waals surface area contributed by atoms with Crippen LogP contribution in [0.25, 0.3) is 10.2 Å². The Morgan fingerprint density at radius 3 is 2.77 bits per heavy atom. The van der Waals surface area contributed by atoms with Gasteiger partial charge in [-0.3, -0.25) is 5.32 Å². The molecule has 3 aromatic rings. The Hall–Kier alpha value is -2.78. The van der Waals surface area contributed by atoms with Crippen molar-refractivity contribution in [3.63, 3.8) is 0 Å². The van der Waals surface area contributed by atoms with Crippen LogP contribution in [0.15, 0.2) is 30.5 Å². The largest absolute Gasteiger partial charge is 0.393 e. The van der Waals surface area contributed by atoms with Crippen LogP contribution in [-0.2, 0) is 6.42 Å². The number of halogens is 1. The zero-order valence-corrected chi connectivity index (χ0v) is 17.7. The van der Waals surface area contributed by atoms with Crippen LogP contribution in [0.2, 0.25) is 0 Å². The van der Waals surface area contributed by atoms with Crippen molar-refractivity contribution in [2.75, 3.05) is 36.4 Å². The average Bonchev–Trinajstić information content (AvgIpc) is 3.09. The highest BCUT2D eigenvalue weighted by Gasteiger charge is 2.24. The molecule has 1 aliphatic rings. The third kappa shape index (κ3) is 4.52. The Morgan fingerprint density at radius 2 is 2.07 bits per heavy atom. The maximum atomic E-state index is 14.5. The van der Waals surface area contributed by atoms with E-state index in [1.54, 1.807) is 18.0 Å². The van der Waals surface area contributed by atoms with E-state index in [1.165, 1.54) is 17.4 Å². The van der Waals surface area contributed by atoms with Crippen LogP contribution >= 0.6 is 11.3 Å². The van der Waals surface area contributed by atoms with E-state index >= 15 is 0 Å². The van der Waals surface area contributed by atoms with Crippen LogP contribution in [0.3, 0.4) is 0 Å². The molecular weight excluding hydrogens is 405 g/mol. The molecule has 4 rings (SSSR count). The van der Waals surface area contributed by atoms with E-state index in [1.807, 2.05) is 24.0 Å². The first-order chi connectivity index (χ1) is 14.4. The second kappa shape index (κ2) is 8.53. The van der Waals surface area contributed by atoms with Crippen LogP contribution in [0.4, 0.5) is 20.1 Å². The molecular formula is C21H24FN5O2S. The van der Waals surface area contributed by atoms with Gasteiger partial charge in [0.15, 0.2) is 16.8 Å². The standard InChI is InChI=1S/C21H24FN5O2S/c1-13-3-4-17-18(9-13)30-20(24-17)25-21(29)27-7-5-26(6-8-27)19-16(22)11-15(12-23-19)10-14(2)28/h3-4,9,11-12,14,28H,5-8,10H2,1-2H3,(H,24,25,29). The van der Waals surface area contributed by atoms with E-state index in [0.717, 1.165) is 15.8 Å². The molecule has 1 aliphatic heterocycles. The zero-order valence-electron chi connectivity index (χ0n) is 16.9. The number of benzene rings is 1. The number of aromatic nitrogens is 2. The van der Waals surface area contributed by atoms with Crippen LogP contribution in [-0.4, -0.2) is 58.3 Å². The highest BCUT2D eigenvalue weighted by atomic mass is 32.1. The van der Waals surface area contributed by atoms with Crippen LogP contribution in [0, 0.1) is 12.7 Å². The summed E-state index contributed by atoms with van der Waals surface area (Å²) in [5.41, 5.74) is 2.68. The van der Waals surface area contributed by atoms with Crippen LogP contribution in [0.5, 0.6) is 0 Å². The molecule has 1 unspecified atom stereocenters. The van der Waals surface area contributed by atoms with Crippen LogP contribution in [0.1, 0.15) is 18.1 Å². The molecule has 0 saturated carbocycles. The van der Waals surface area contributed by atoms with Crippen molar-refractivity contribution >= 4 is 38.5 Å². The van der Waals surface area contributed by atoms with Gasteiger partial charge >= 0.3 is 6.03 Å². The van der Waals surface area contributed by atoms with E-state index < -0.39 is 11.9 Å². The van der Waals surface area contributed by atoms with Gasteiger partial charge in [-0.15, -0.1) is 0 Å². The number of carbonyl (C=O) groups is 1. The van der Waals surface area contributed by atoms with Crippen molar-refractivity contribution in [1.29, 1.82) is 0 Å². The minimum atomic E-state index is -0.543. The molecule has 0 radical (unpaired) electrons. The number of thiazole rings is 1. The number of piperazine rings is 1. The number of urea groups is 1. The number of hydrogen-bond donors (Lipinski definition) is 2. The number of anilines is 2. The molecule has 1 fully saturated rings. The highest BCUT2D eigenvalue weighted by molar-refractivity contribution is 7.22. The lowest BCUT2D eigenvalue weighted by atomic mass is 10.1. The second-order valence-electron chi connectivity index (χ2n) is 7.60. The fraction of sp³-hybridized carbons (Fsp3) is 0.381. The highest BCUT2D eigenvalue weighted by Crippen LogP contribution is 2.27. The first-order valence-corrected chi connectivity index (χ1v) is 10.7. The van der Waals surface area contributed by atoms with Gasteiger partial charge in [0.1, 0.15) is 0 Å². The van der Waals surface area contributed by atoms with Gasteiger partial charge in [-0.1, -0.05) is 17.4 Å². The van der Waals surface area contributed by atoms with Gasteiger partial charge in [0.2, 0.25) is 0 Å². The molecule has 30 heavy (non-hydrogen) atoms. The predicted molar refractivity (Wildman–Crippen MR) is 117 cm³/mol. The molecule has 3 heterocycles. The summed E-state index contributed by atoms with van der Waals surface area (Å²) in [7, 11) is 0. The van der Waals surface area contributed by atoms with E-state index in [4.69, 9.17) is 0 Å². The second-order valence-corrected chi connectivity index (χ2v) is 8.63. The fourth-order valence-electron chi connectivity index (χ4n) is 3.53. The third-order valence-electron chi connectivity index (χ3n) is 5.03. The summed E-state index contributed by atoms with van der Waals surface area (Å²) in [5.74, 6) is -0.123. The molecule has 0 spiro atoms. The number of amides is 2. The lowest BCUT2D eigenvalue weighted by molar-refractivity contribution is 0.195. The molecule has 0 aliphatic carbocycles. The number of aryl methyl sites for hydroxylation is 1. The summed E-state index contributed by atoms with van der Waals surface area (Å²) in [6.45, 7) is 5.60. The summed E-state index contributed by atoms with van der Waals surface area (Å²) in [4.78, 5) is 24.9. The Balaban J connectivity index is 1.36. The molecule has 7 nitrogen and oxygen atoms in total. The lowest BCUT2D eigenvalue weighted by Gasteiger charge is -2.35. The minimum Gasteiger partial charge on any atom is -0.393 e. The first-order valence-electron chi connectivity index (χ1n) is 9.89. The lowest BCUT2D eigenvalue weighted by Crippen LogP contribution is -2.50. The van der Waals surface area contributed by atoms with E-state index in [9.17, 15) is 14.3 Å². The van der Waals surface area contributed by atoms with E-state index in [2.05, 4.69) is 21.4 Å². The fourth-order valence-corrected chi connectivity index (χ4v) is 4.49. The maximum Gasteiger partial charge on any atom is 0.323 e. The summed E-state index contributed by atoms with van der Waals surface area (Å²) in [6.07, 6.45) is 1.42. The molecule has 2 aromatic heterocycles. The zero-order chi connectivity index (χ0) is 21.3. The number of rotatable bonds is 4. The number of hydrogen-bond acceptors (Lipinski definition) is 6. The van der Waals surface area contributed by atoms with Gasteiger partial charge in [-0.2, -0.15) is 0 Å². The number of nitrogens with one attached hydrogen (secondary N) is 1. The Morgan fingerprint density at radius 1 is 1.30 bits per heavy atom. The monoisotopic (exact) mass is 429 g/mol. The number of aliphatic hydroxyl groups is 1. The van der Waals surface area contributed by atoms with E-state index in [-0.39, 0.29) is 11.8 Å². The van der Waals surface area contributed by atoms with E-state index in [0.29, 0.717) is 43.3 Å². The summed E-state index contributed by atoms with van der Waals surface area (Å²) in [5, 5.41) is 12.9. The minimum absolute atomic E-state index is 0.203. The number of pyridine rings is 1. The van der Waals surface area contributed by atoms with Gasteiger partial charge in [-0.05, 0) is 49.6 Å². The van der Waals surface area contributed by atoms with Crippen molar-refractivity contribution in [2.45, 2.75) is 26.4 Å². The third-order valence-corrected chi connectivity index (χ3v) is 5.97. The van der Waals surface area contributed by atoms with Crippen molar-refractivity contribution in [1.82, 2.24) is 14.9 Å².